The number of carboxylic acid groups (broad SMARTS) is 1. The number of halogens is 1. The Morgan fingerprint density at radius 1 is 1.16 bits per heavy atom. The number of fused-ring (bicyclic) bond motifs is 1. The Morgan fingerprint density at radius 2 is 2.00 bits per heavy atom. The zero-order valence-electron chi connectivity index (χ0n) is 24.2. The van der Waals surface area contributed by atoms with Crippen LogP contribution in [0.2, 0.25) is 0 Å². The Hall–Kier alpha value is -5.15. The molecule has 0 atom stereocenters. The van der Waals surface area contributed by atoms with Crippen LogP contribution < -0.4 is 4.74 Å². The van der Waals surface area contributed by atoms with Gasteiger partial charge in [-0.3, -0.25) is 4.90 Å². The SMILES string of the molecule is CCn1cncc1Cc1c(CN2CCC(c3cccc(OCc4ccc(C#N)cc4F)n3)CC2)nc2ccc(C(=O)O)nn12. The summed E-state index contributed by atoms with van der Waals surface area (Å²) in [6.45, 7) is 5.13. The van der Waals surface area contributed by atoms with Crippen LogP contribution in [0.1, 0.15) is 70.1 Å². The second kappa shape index (κ2) is 12.6. The van der Waals surface area contributed by atoms with E-state index >= 15 is 0 Å². The van der Waals surface area contributed by atoms with Crippen molar-refractivity contribution in [1.29, 1.82) is 5.26 Å². The van der Waals surface area contributed by atoms with Crippen molar-refractivity contribution in [2.24, 2.45) is 0 Å². The molecule has 1 aromatic carbocycles. The summed E-state index contributed by atoms with van der Waals surface area (Å²) in [7, 11) is 0. The number of aromatic nitrogens is 6. The number of rotatable bonds is 10. The normalized spacial score (nSPS) is 14.1. The summed E-state index contributed by atoms with van der Waals surface area (Å²) in [5.41, 5.74) is 4.87. The number of pyridine rings is 1. The molecule has 0 aliphatic carbocycles. The van der Waals surface area contributed by atoms with E-state index in [-0.39, 0.29) is 23.8 Å². The van der Waals surface area contributed by atoms with Gasteiger partial charge in [0.15, 0.2) is 11.3 Å². The summed E-state index contributed by atoms with van der Waals surface area (Å²) in [5.74, 6) is -0.878. The van der Waals surface area contributed by atoms with E-state index in [9.17, 15) is 14.3 Å². The number of aromatic carboxylic acids is 1. The van der Waals surface area contributed by atoms with E-state index in [0.717, 1.165) is 55.3 Å². The Morgan fingerprint density at radius 3 is 2.75 bits per heavy atom. The molecule has 6 rings (SSSR count). The lowest BCUT2D eigenvalue weighted by Gasteiger charge is -2.31. The number of likely N-dealkylation sites (tertiary alicyclic amines) is 1. The summed E-state index contributed by atoms with van der Waals surface area (Å²) in [6.07, 6.45) is 5.93. The average Bonchev–Trinajstić information content (AvgIpc) is 3.64. The van der Waals surface area contributed by atoms with Crippen LogP contribution >= 0.6 is 0 Å². The van der Waals surface area contributed by atoms with E-state index in [4.69, 9.17) is 20.0 Å². The molecule has 0 unspecified atom stereocenters. The summed E-state index contributed by atoms with van der Waals surface area (Å²) in [6, 6.07) is 15.1. The Balaban J connectivity index is 1.14. The van der Waals surface area contributed by atoms with Crippen molar-refractivity contribution in [3.05, 3.63) is 106 Å². The van der Waals surface area contributed by atoms with E-state index in [1.807, 2.05) is 24.4 Å². The van der Waals surface area contributed by atoms with Crippen molar-refractivity contribution < 1.29 is 19.0 Å². The molecule has 0 spiro atoms. The van der Waals surface area contributed by atoms with Gasteiger partial charge in [-0.05, 0) is 63.2 Å². The van der Waals surface area contributed by atoms with E-state index in [2.05, 4.69) is 26.5 Å². The van der Waals surface area contributed by atoms with E-state index in [1.54, 1.807) is 35.1 Å². The van der Waals surface area contributed by atoms with Gasteiger partial charge in [-0.25, -0.2) is 28.7 Å². The van der Waals surface area contributed by atoms with Gasteiger partial charge in [0, 0.05) is 54.6 Å². The maximum absolute atomic E-state index is 14.3. The van der Waals surface area contributed by atoms with Gasteiger partial charge in [0.05, 0.1) is 29.3 Å². The Kier molecular flexibility index (Phi) is 8.29. The third-order valence-corrected chi connectivity index (χ3v) is 8.04. The highest BCUT2D eigenvalue weighted by Crippen LogP contribution is 2.29. The van der Waals surface area contributed by atoms with Crippen LogP contribution in [0, 0.1) is 17.1 Å². The molecule has 4 aromatic heterocycles. The molecule has 224 valence electrons. The number of hydrogen-bond donors (Lipinski definition) is 1. The topological polar surface area (TPSA) is 134 Å². The minimum atomic E-state index is -1.08. The first-order chi connectivity index (χ1) is 21.4. The van der Waals surface area contributed by atoms with Crippen LogP contribution in [0.3, 0.4) is 0 Å². The van der Waals surface area contributed by atoms with Gasteiger partial charge in [-0.1, -0.05) is 12.1 Å². The van der Waals surface area contributed by atoms with Gasteiger partial charge >= 0.3 is 5.97 Å². The van der Waals surface area contributed by atoms with Crippen molar-refractivity contribution in [3.63, 3.8) is 0 Å². The fraction of sp³-hybridized carbons (Fsp3) is 0.312. The number of hydrogen-bond acceptors (Lipinski definition) is 8. The molecule has 0 radical (unpaired) electrons. The maximum Gasteiger partial charge on any atom is 0.356 e. The third-order valence-electron chi connectivity index (χ3n) is 8.04. The van der Waals surface area contributed by atoms with Crippen molar-refractivity contribution in [3.8, 4) is 11.9 Å². The fourth-order valence-electron chi connectivity index (χ4n) is 5.62. The largest absolute Gasteiger partial charge is 0.476 e. The lowest BCUT2D eigenvalue weighted by molar-refractivity contribution is 0.0688. The van der Waals surface area contributed by atoms with Crippen LogP contribution in [0.5, 0.6) is 5.88 Å². The monoisotopic (exact) mass is 594 g/mol. The number of nitriles is 1. The van der Waals surface area contributed by atoms with E-state index in [1.165, 1.54) is 12.1 Å². The average molecular weight is 595 g/mol. The molecule has 5 heterocycles. The highest BCUT2D eigenvalue weighted by molar-refractivity contribution is 5.85. The molecule has 5 aromatic rings. The van der Waals surface area contributed by atoms with Crippen LogP contribution in [0.15, 0.2) is 61.1 Å². The third kappa shape index (κ3) is 6.14. The maximum atomic E-state index is 14.3. The molecule has 12 heteroatoms. The van der Waals surface area contributed by atoms with Crippen molar-refractivity contribution in [2.45, 2.75) is 51.8 Å². The number of piperidine rings is 1. The minimum Gasteiger partial charge on any atom is -0.476 e. The van der Waals surface area contributed by atoms with E-state index in [0.29, 0.717) is 30.1 Å². The number of nitrogens with zero attached hydrogens (tertiary/aromatic N) is 8. The van der Waals surface area contributed by atoms with Gasteiger partial charge in [-0.15, -0.1) is 0 Å². The molecule has 1 fully saturated rings. The smallest absolute Gasteiger partial charge is 0.356 e. The minimum absolute atomic E-state index is 0.0235. The first-order valence-corrected chi connectivity index (χ1v) is 14.5. The lowest BCUT2D eigenvalue weighted by atomic mass is 9.93. The Labute approximate surface area is 253 Å². The van der Waals surface area contributed by atoms with Gasteiger partial charge < -0.3 is 14.4 Å². The first-order valence-electron chi connectivity index (χ1n) is 14.5. The van der Waals surface area contributed by atoms with Gasteiger partial charge in [0.1, 0.15) is 12.4 Å². The zero-order chi connectivity index (χ0) is 30.6. The Bertz CT molecular complexity index is 1850. The number of carbonyl (C=O) groups is 1. The number of ether oxygens (including phenoxy) is 1. The molecular formula is C32H31FN8O3. The summed E-state index contributed by atoms with van der Waals surface area (Å²) in [4.78, 5) is 27.9. The number of imidazole rings is 2. The van der Waals surface area contributed by atoms with E-state index < -0.39 is 11.8 Å². The van der Waals surface area contributed by atoms with Gasteiger partial charge in [-0.2, -0.15) is 10.4 Å². The number of aryl methyl sites for hydroxylation is 1. The molecular weight excluding hydrogens is 563 g/mol. The van der Waals surface area contributed by atoms with Crippen LogP contribution in [0.4, 0.5) is 4.39 Å². The molecule has 11 nitrogen and oxygen atoms in total. The van der Waals surface area contributed by atoms with Crippen molar-refractivity contribution in [2.75, 3.05) is 13.1 Å². The molecule has 44 heavy (non-hydrogen) atoms. The van der Waals surface area contributed by atoms with Crippen molar-refractivity contribution in [1.82, 2.24) is 34.0 Å². The molecule has 1 saturated heterocycles. The highest BCUT2D eigenvalue weighted by Gasteiger charge is 2.25. The number of carboxylic acids is 1. The van der Waals surface area contributed by atoms with Crippen LogP contribution in [-0.2, 0) is 26.1 Å². The predicted molar refractivity (Wildman–Crippen MR) is 158 cm³/mol. The summed E-state index contributed by atoms with van der Waals surface area (Å²) in [5, 5.41) is 22.9. The fourth-order valence-corrected chi connectivity index (χ4v) is 5.62. The number of benzene rings is 1. The standard InChI is InChI=1S/C32H31FN8O3/c1-2-40-20-35-17-24(40)15-29-28(36-30-9-8-27(32(42)43)38-41(29)30)18-39-12-10-22(11-13-39)26-4-3-5-31(37-26)44-19-23-7-6-21(16-34)14-25(23)33/h3-9,14,17,20,22H,2,10-13,15,18-19H2,1H3,(H,42,43). The quantitative estimate of drug-likeness (QED) is 0.246. The van der Waals surface area contributed by atoms with Crippen LogP contribution in [0.25, 0.3) is 5.65 Å². The lowest BCUT2D eigenvalue weighted by Crippen LogP contribution is -2.33. The molecule has 0 saturated carbocycles. The molecule has 1 aliphatic heterocycles. The summed E-state index contributed by atoms with van der Waals surface area (Å²) < 4.78 is 23.8. The first kappa shape index (κ1) is 28.9. The molecule has 0 bridgehead atoms. The zero-order valence-corrected chi connectivity index (χ0v) is 24.2. The molecule has 0 amide bonds. The second-order valence-electron chi connectivity index (χ2n) is 10.8. The van der Waals surface area contributed by atoms with Crippen LogP contribution in [-0.4, -0.2) is 58.2 Å². The second-order valence-corrected chi connectivity index (χ2v) is 10.8. The highest BCUT2D eigenvalue weighted by atomic mass is 19.1. The van der Waals surface area contributed by atoms with Crippen molar-refractivity contribution >= 4 is 11.6 Å². The van der Waals surface area contributed by atoms with Gasteiger partial charge in [0.25, 0.3) is 0 Å². The molecule has 1 aliphatic rings. The van der Waals surface area contributed by atoms with Gasteiger partial charge in [0.2, 0.25) is 5.88 Å². The molecule has 1 N–H and O–H groups in total. The predicted octanol–water partition coefficient (Wildman–Crippen LogP) is 4.60. The summed E-state index contributed by atoms with van der Waals surface area (Å²) >= 11 is 0.